The fourth-order valence-electron chi connectivity index (χ4n) is 2.76. The van der Waals surface area contributed by atoms with Gasteiger partial charge >= 0.3 is 0 Å². The van der Waals surface area contributed by atoms with Crippen LogP contribution in [-0.4, -0.2) is 26.1 Å². The van der Waals surface area contributed by atoms with E-state index in [0.717, 1.165) is 25.7 Å². The van der Waals surface area contributed by atoms with Gasteiger partial charge in [0.15, 0.2) is 8.32 Å². The zero-order valence-corrected chi connectivity index (χ0v) is 14.5. The molecule has 19 heavy (non-hydrogen) atoms. The maximum Gasteiger partial charge on any atom is 0.192 e. The van der Waals surface area contributed by atoms with Crippen LogP contribution in [0.25, 0.3) is 0 Å². The maximum absolute atomic E-state index is 9.91. The molecule has 0 aromatic carbocycles. The Hall–Kier alpha value is -0.123. The van der Waals surface area contributed by atoms with Gasteiger partial charge < -0.3 is 9.53 Å². The third-order valence-electron chi connectivity index (χ3n) is 5.23. The van der Waals surface area contributed by atoms with Crippen LogP contribution in [-0.2, 0) is 4.43 Å². The summed E-state index contributed by atoms with van der Waals surface area (Å²) in [6, 6.07) is 0. The van der Waals surface area contributed by atoms with Crippen molar-refractivity contribution in [3.63, 3.8) is 0 Å². The Balaban J connectivity index is 2.83. The number of aliphatic hydroxyl groups excluding tert-OH is 1. The van der Waals surface area contributed by atoms with Gasteiger partial charge in [-0.25, -0.2) is 0 Å². The average Bonchev–Trinajstić information content (AvgIpc) is 2.68. The Morgan fingerprint density at radius 1 is 1.42 bits per heavy atom. The third-order valence-corrected chi connectivity index (χ3v) is 9.71. The van der Waals surface area contributed by atoms with E-state index >= 15 is 0 Å². The molecule has 0 amide bonds. The van der Waals surface area contributed by atoms with Crippen LogP contribution in [0.4, 0.5) is 0 Å². The van der Waals surface area contributed by atoms with E-state index in [0.29, 0.717) is 0 Å². The summed E-state index contributed by atoms with van der Waals surface area (Å²) in [6.45, 7) is 15.5. The summed E-state index contributed by atoms with van der Waals surface area (Å²) in [5.41, 5.74) is -0.0241. The van der Waals surface area contributed by atoms with Crippen LogP contribution in [0.3, 0.4) is 0 Å². The first-order valence-corrected chi connectivity index (χ1v) is 10.5. The quantitative estimate of drug-likeness (QED) is 0.574. The molecule has 0 bridgehead atoms. The lowest BCUT2D eigenvalue weighted by Crippen LogP contribution is -2.48. The molecule has 112 valence electrons. The molecule has 1 saturated carbocycles. The van der Waals surface area contributed by atoms with E-state index in [9.17, 15) is 5.11 Å². The summed E-state index contributed by atoms with van der Waals surface area (Å²) >= 11 is 0. The Morgan fingerprint density at radius 3 is 2.53 bits per heavy atom. The standard InChI is InChI=1S/C16H32O2Si/c1-7-8-11-16(13-17)12-9-10-14(16)18-19(5,6)15(2,3)4/h7,14,17H,1,8-13H2,2-6H3/t14-,16-/m0/s1. The van der Waals surface area contributed by atoms with E-state index in [1.165, 1.54) is 6.42 Å². The predicted octanol–water partition coefficient (Wildman–Crippen LogP) is 4.51. The number of aliphatic hydroxyl groups is 1. The van der Waals surface area contributed by atoms with Gasteiger partial charge in [0.05, 0.1) is 12.7 Å². The topological polar surface area (TPSA) is 29.5 Å². The van der Waals surface area contributed by atoms with E-state index < -0.39 is 8.32 Å². The van der Waals surface area contributed by atoms with Crippen molar-refractivity contribution in [2.24, 2.45) is 5.41 Å². The summed E-state index contributed by atoms with van der Waals surface area (Å²) in [5.74, 6) is 0. The minimum Gasteiger partial charge on any atom is -0.413 e. The van der Waals surface area contributed by atoms with Gasteiger partial charge in [-0.2, -0.15) is 0 Å². The second-order valence-electron chi connectivity index (χ2n) is 7.61. The molecular formula is C16H32O2Si. The Morgan fingerprint density at radius 2 is 2.05 bits per heavy atom. The van der Waals surface area contributed by atoms with E-state index in [2.05, 4.69) is 40.4 Å². The van der Waals surface area contributed by atoms with Crippen molar-refractivity contribution >= 4 is 8.32 Å². The zero-order valence-electron chi connectivity index (χ0n) is 13.5. The molecule has 0 saturated heterocycles. The van der Waals surface area contributed by atoms with Crippen molar-refractivity contribution in [3.8, 4) is 0 Å². The highest BCUT2D eigenvalue weighted by Gasteiger charge is 2.47. The van der Waals surface area contributed by atoms with Crippen molar-refractivity contribution < 1.29 is 9.53 Å². The van der Waals surface area contributed by atoms with Crippen molar-refractivity contribution in [3.05, 3.63) is 12.7 Å². The van der Waals surface area contributed by atoms with E-state index in [1.54, 1.807) is 0 Å². The van der Waals surface area contributed by atoms with Crippen molar-refractivity contribution in [2.75, 3.05) is 6.61 Å². The molecule has 1 N–H and O–H groups in total. The molecule has 0 spiro atoms. The smallest absolute Gasteiger partial charge is 0.192 e. The summed E-state index contributed by atoms with van der Waals surface area (Å²) in [5, 5.41) is 10.1. The van der Waals surface area contributed by atoms with E-state index in [-0.39, 0.29) is 23.2 Å². The first-order chi connectivity index (χ1) is 8.68. The van der Waals surface area contributed by atoms with Crippen LogP contribution in [0.5, 0.6) is 0 Å². The molecule has 1 aliphatic carbocycles. The first kappa shape index (κ1) is 16.9. The summed E-state index contributed by atoms with van der Waals surface area (Å²) in [6.07, 6.45) is 7.54. The van der Waals surface area contributed by atoms with Gasteiger partial charge in [0.25, 0.3) is 0 Å². The molecule has 0 unspecified atom stereocenters. The number of hydrogen-bond acceptors (Lipinski definition) is 2. The van der Waals surface area contributed by atoms with Gasteiger partial charge in [0.1, 0.15) is 0 Å². The van der Waals surface area contributed by atoms with Crippen LogP contribution >= 0.6 is 0 Å². The Bertz CT molecular complexity index is 306. The predicted molar refractivity (Wildman–Crippen MR) is 84.9 cm³/mol. The lowest BCUT2D eigenvalue weighted by Gasteiger charge is -2.43. The molecule has 0 aromatic rings. The SMILES string of the molecule is C=CCC[C@@]1(CO)CCC[C@@H]1O[Si](C)(C)C(C)(C)C. The highest BCUT2D eigenvalue weighted by atomic mass is 28.4. The van der Waals surface area contributed by atoms with Crippen molar-refractivity contribution in [2.45, 2.75) is 77.1 Å². The van der Waals surface area contributed by atoms with Crippen molar-refractivity contribution in [1.29, 1.82) is 0 Å². The Kier molecular flexibility index (Phi) is 5.44. The fraction of sp³-hybridized carbons (Fsp3) is 0.875. The van der Waals surface area contributed by atoms with Gasteiger partial charge in [-0.1, -0.05) is 33.3 Å². The lowest BCUT2D eigenvalue weighted by molar-refractivity contribution is 0.00852. The highest BCUT2D eigenvalue weighted by molar-refractivity contribution is 6.74. The van der Waals surface area contributed by atoms with Gasteiger partial charge in [0.2, 0.25) is 0 Å². The first-order valence-electron chi connectivity index (χ1n) is 7.58. The van der Waals surface area contributed by atoms with Crippen molar-refractivity contribution in [1.82, 2.24) is 0 Å². The molecule has 0 aliphatic heterocycles. The molecule has 0 aromatic heterocycles. The van der Waals surface area contributed by atoms with Crippen LogP contribution in [0.1, 0.15) is 52.9 Å². The molecule has 1 aliphatic rings. The van der Waals surface area contributed by atoms with Gasteiger partial charge in [-0.15, -0.1) is 6.58 Å². The third kappa shape index (κ3) is 3.70. The molecule has 2 atom stereocenters. The van der Waals surface area contributed by atoms with E-state index in [1.807, 2.05) is 6.08 Å². The van der Waals surface area contributed by atoms with Gasteiger partial charge in [-0.05, 0) is 43.8 Å². The van der Waals surface area contributed by atoms with Gasteiger partial charge in [0, 0.05) is 5.41 Å². The number of hydrogen-bond donors (Lipinski definition) is 1. The van der Waals surface area contributed by atoms with Crippen LogP contribution < -0.4 is 0 Å². The average molecular weight is 285 g/mol. The second-order valence-corrected chi connectivity index (χ2v) is 12.4. The van der Waals surface area contributed by atoms with Crippen LogP contribution in [0, 0.1) is 5.41 Å². The maximum atomic E-state index is 9.91. The molecular weight excluding hydrogens is 252 g/mol. The minimum atomic E-state index is -1.75. The highest BCUT2D eigenvalue weighted by Crippen LogP contribution is 2.47. The molecule has 0 radical (unpaired) electrons. The minimum absolute atomic E-state index is 0.0241. The van der Waals surface area contributed by atoms with Crippen LogP contribution in [0.2, 0.25) is 18.1 Å². The summed E-state index contributed by atoms with van der Waals surface area (Å²) in [7, 11) is -1.75. The Labute approximate surface area is 120 Å². The molecule has 0 heterocycles. The van der Waals surface area contributed by atoms with E-state index in [4.69, 9.17) is 4.43 Å². The largest absolute Gasteiger partial charge is 0.413 e. The number of rotatable bonds is 6. The van der Waals surface area contributed by atoms with Gasteiger partial charge in [-0.3, -0.25) is 0 Å². The summed E-state index contributed by atoms with van der Waals surface area (Å²) in [4.78, 5) is 0. The molecule has 3 heteroatoms. The molecule has 1 rings (SSSR count). The lowest BCUT2D eigenvalue weighted by atomic mass is 9.80. The monoisotopic (exact) mass is 284 g/mol. The zero-order chi connectivity index (χ0) is 14.7. The fourth-order valence-corrected chi connectivity index (χ4v) is 4.19. The second kappa shape index (κ2) is 6.11. The molecule has 2 nitrogen and oxygen atoms in total. The summed E-state index contributed by atoms with van der Waals surface area (Å²) < 4.78 is 6.61. The normalized spacial score (nSPS) is 28.6. The number of allylic oxidation sites excluding steroid dienone is 1. The molecule has 1 fully saturated rings. The van der Waals surface area contributed by atoms with Crippen LogP contribution in [0.15, 0.2) is 12.7 Å².